The van der Waals surface area contributed by atoms with Crippen LogP contribution in [0.25, 0.3) is 11.3 Å². The summed E-state index contributed by atoms with van der Waals surface area (Å²) in [4.78, 5) is 8.99. The Balaban J connectivity index is 0.000000164. The first kappa shape index (κ1) is 27.9. The van der Waals surface area contributed by atoms with Gasteiger partial charge < -0.3 is 10.5 Å². The summed E-state index contributed by atoms with van der Waals surface area (Å²) in [5.41, 5.74) is 5.04. The van der Waals surface area contributed by atoms with Crippen LogP contribution in [-0.2, 0) is 10.9 Å². The number of nitrogen functional groups attached to an aromatic ring is 1. The van der Waals surface area contributed by atoms with Gasteiger partial charge in [-0.15, -0.1) is 0 Å². The lowest BCUT2D eigenvalue weighted by atomic mass is 10.1. The number of anilines is 1. The number of pyridine rings is 1. The van der Waals surface area contributed by atoms with Crippen LogP contribution >= 0.6 is 0 Å². The number of nitrogens with two attached hydrogens (primary N) is 1. The molecule has 0 aromatic carbocycles. The second-order valence-electron chi connectivity index (χ2n) is 10.6. The van der Waals surface area contributed by atoms with E-state index in [0.29, 0.717) is 11.3 Å². The van der Waals surface area contributed by atoms with E-state index in [1.54, 1.807) is 23.4 Å². The first-order valence-corrected chi connectivity index (χ1v) is 13.6. The maximum absolute atomic E-state index is 12.7. The molecule has 2 atom stereocenters. The van der Waals surface area contributed by atoms with Crippen LogP contribution in [0.1, 0.15) is 58.6 Å². The molecule has 2 aliphatic heterocycles. The lowest BCUT2D eigenvalue weighted by Crippen LogP contribution is -2.57. The quantitative estimate of drug-likeness (QED) is 0.612. The summed E-state index contributed by atoms with van der Waals surface area (Å²) in [6.45, 7) is 15.0. The van der Waals surface area contributed by atoms with E-state index >= 15 is 0 Å². The Morgan fingerprint density at radius 3 is 2.05 bits per heavy atom. The summed E-state index contributed by atoms with van der Waals surface area (Å²) in [7, 11) is 0. The van der Waals surface area contributed by atoms with Crippen LogP contribution in [0, 0.1) is 11.8 Å². The van der Waals surface area contributed by atoms with Crippen molar-refractivity contribution in [2.24, 2.45) is 11.8 Å². The molecule has 2 unspecified atom stereocenters. The number of hydrogen-bond acceptors (Lipinski definition) is 6. The molecule has 4 aliphatic rings. The van der Waals surface area contributed by atoms with E-state index in [4.69, 9.17) is 10.5 Å². The Labute approximate surface area is 218 Å². The third-order valence-electron chi connectivity index (χ3n) is 7.88. The zero-order valence-electron chi connectivity index (χ0n) is 22.4. The number of aromatic nitrogens is 3. The minimum atomic E-state index is -4.52. The molecular formula is C27H41F3N6O. The van der Waals surface area contributed by atoms with Gasteiger partial charge >= 0.3 is 6.18 Å². The predicted molar refractivity (Wildman–Crippen MR) is 139 cm³/mol. The molecule has 2 aromatic heterocycles. The molecule has 6 rings (SSSR count). The smallest absolute Gasteiger partial charge is 0.383 e. The minimum Gasteiger partial charge on any atom is -0.383 e. The topological polar surface area (TPSA) is 72.4 Å². The zero-order chi connectivity index (χ0) is 26.7. The molecule has 37 heavy (non-hydrogen) atoms. The highest BCUT2D eigenvalue weighted by Crippen LogP contribution is 2.53. The lowest BCUT2D eigenvalue weighted by molar-refractivity contribution is -0.137. The molecule has 4 heterocycles. The van der Waals surface area contributed by atoms with Crippen molar-refractivity contribution in [2.45, 2.75) is 71.3 Å². The van der Waals surface area contributed by atoms with Crippen molar-refractivity contribution >= 4 is 5.82 Å². The second kappa shape index (κ2) is 11.7. The Morgan fingerprint density at radius 1 is 0.973 bits per heavy atom. The highest BCUT2D eigenvalue weighted by Gasteiger charge is 2.47. The number of rotatable bonds is 4. The summed E-state index contributed by atoms with van der Waals surface area (Å²) in [5, 5.41) is 4.20. The van der Waals surface area contributed by atoms with Crippen LogP contribution in [-0.4, -0.2) is 76.0 Å². The summed E-state index contributed by atoms with van der Waals surface area (Å²) in [6, 6.07) is 4.45. The molecule has 2 aromatic rings. The van der Waals surface area contributed by atoms with Crippen molar-refractivity contribution in [3.05, 3.63) is 30.1 Å². The first-order valence-electron chi connectivity index (χ1n) is 13.6. The third-order valence-corrected chi connectivity index (χ3v) is 7.88. The second-order valence-corrected chi connectivity index (χ2v) is 10.6. The largest absolute Gasteiger partial charge is 0.419 e. The van der Waals surface area contributed by atoms with Crippen LogP contribution in [0.3, 0.4) is 0 Å². The van der Waals surface area contributed by atoms with Gasteiger partial charge in [-0.25, -0.2) is 4.98 Å². The van der Waals surface area contributed by atoms with Gasteiger partial charge in [0, 0.05) is 56.2 Å². The maximum atomic E-state index is 12.7. The van der Waals surface area contributed by atoms with Crippen LogP contribution < -0.4 is 5.73 Å². The average Bonchev–Trinajstić information content (AvgIpc) is 3.22. The number of halogens is 3. The van der Waals surface area contributed by atoms with E-state index < -0.39 is 17.6 Å². The normalized spacial score (nSPS) is 26.0. The van der Waals surface area contributed by atoms with E-state index in [1.165, 1.54) is 45.2 Å². The average molecular weight is 523 g/mol. The SMILES string of the molecule is C1C2CC(N3CCN(C4COC4)CC3)CC12.CC.CC(C)n1ccc(-c2cnc(N)c(C(F)(F)F)c2)n1. The van der Waals surface area contributed by atoms with E-state index in [-0.39, 0.29) is 6.04 Å². The van der Waals surface area contributed by atoms with Gasteiger partial charge in [-0.05, 0) is 57.1 Å². The van der Waals surface area contributed by atoms with Crippen molar-refractivity contribution in [3.8, 4) is 11.3 Å². The molecule has 2 N–H and O–H groups in total. The Hall–Kier alpha value is -2.17. The summed E-state index contributed by atoms with van der Waals surface area (Å²) < 4.78 is 45.1. The number of alkyl halides is 3. The molecule has 0 spiro atoms. The van der Waals surface area contributed by atoms with Gasteiger partial charge in [-0.2, -0.15) is 18.3 Å². The van der Waals surface area contributed by atoms with E-state index in [1.807, 2.05) is 27.7 Å². The molecule has 2 saturated carbocycles. The summed E-state index contributed by atoms with van der Waals surface area (Å²) in [5.74, 6) is 1.73. The minimum absolute atomic E-state index is 0.137. The molecular weight excluding hydrogens is 481 g/mol. The number of ether oxygens (including phenoxy) is 1. The fraction of sp³-hybridized carbons (Fsp3) is 0.704. The Kier molecular flexibility index (Phi) is 8.81. The Bertz CT molecular complexity index is 1000. The molecule has 2 aliphatic carbocycles. The fourth-order valence-corrected chi connectivity index (χ4v) is 5.50. The predicted octanol–water partition coefficient (Wildman–Crippen LogP) is 4.95. The summed E-state index contributed by atoms with van der Waals surface area (Å²) in [6.07, 6.45) is 3.05. The van der Waals surface area contributed by atoms with Crippen LogP contribution in [0.2, 0.25) is 0 Å². The standard InChI is InChI=1S/C13H22N2O.C12H13F3N4.C2H6/c1-3-15(13-8-16-9-13)4-2-14(1)12-6-10-5-11(10)7-12;1-7(2)19-4-3-10(18-19)8-5-9(12(13,14)15)11(16)17-6-8;1-2/h10-13H,1-9H2;3-7H,1-2H3,(H2,16,17);1-2H3. The zero-order valence-corrected chi connectivity index (χ0v) is 22.4. The van der Waals surface area contributed by atoms with Gasteiger partial charge in [0.05, 0.1) is 30.5 Å². The van der Waals surface area contributed by atoms with Gasteiger partial charge in [0.15, 0.2) is 0 Å². The number of nitrogens with zero attached hydrogens (tertiary/aromatic N) is 5. The number of fused-ring (bicyclic) bond motifs is 1. The highest BCUT2D eigenvalue weighted by atomic mass is 19.4. The Morgan fingerprint density at radius 2 is 1.57 bits per heavy atom. The van der Waals surface area contributed by atoms with Gasteiger partial charge in [-0.1, -0.05) is 13.8 Å². The molecule has 4 fully saturated rings. The molecule has 0 amide bonds. The van der Waals surface area contributed by atoms with Gasteiger partial charge in [0.1, 0.15) is 5.82 Å². The monoisotopic (exact) mass is 522 g/mol. The molecule has 0 radical (unpaired) electrons. The van der Waals surface area contributed by atoms with E-state index in [9.17, 15) is 13.2 Å². The van der Waals surface area contributed by atoms with Gasteiger partial charge in [-0.3, -0.25) is 14.5 Å². The van der Waals surface area contributed by atoms with Crippen molar-refractivity contribution in [2.75, 3.05) is 45.1 Å². The molecule has 0 bridgehead atoms. The molecule has 10 heteroatoms. The van der Waals surface area contributed by atoms with Crippen LogP contribution in [0.4, 0.5) is 19.0 Å². The van der Waals surface area contributed by atoms with Crippen LogP contribution in [0.15, 0.2) is 24.5 Å². The van der Waals surface area contributed by atoms with Crippen LogP contribution in [0.5, 0.6) is 0 Å². The van der Waals surface area contributed by atoms with Crippen molar-refractivity contribution < 1.29 is 17.9 Å². The van der Waals surface area contributed by atoms with E-state index in [0.717, 1.165) is 43.2 Å². The molecule has 7 nitrogen and oxygen atoms in total. The summed E-state index contributed by atoms with van der Waals surface area (Å²) >= 11 is 0. The van der Waals surface area contributed by atoms with Crippen molar-refractivity contribution in [1.29, 1.82) is 0 Å². The number of hydrogen-bond donors (Lipinski definition) is 1. The highest BCUT2D eigenvalue weighted by molar-refractivity contribution is 5.61. The lowest BCUT2D eigenvalue weighted by Gasteiger charge is -2.44. The number of piperazine rings is 1. The molecule has 206 valence electrons. The van der Waals surface area contributed by atoms with Crippen molar-refractivity contribution in [1.82, 2.24) is 24.6 Å². The van der Waals surface area contributed by atoms with E-state index in [2.05, 4.69) is 19.9 Å². The van der Waals surface area contributed by atoms with Gasteiger partial charge in [0.2, 0.25) is 0 Å². The maximum Gasteiger partial charge on any atom is 0.419 e. The fourth-order valence-electron chi connectivity index (χ4n) is 5.50. The van der Waals surface area contributed by atoms with Crippen molar-refractivity contribution in [3.63, 3.8) is 0 Å². The molecule has 2 saturated heterocycles. The van der Waals surface area contributed by atoms with Gasteiger partial charge in [0.25, 0.3) is 0 Å². The first-order chi connectivity index (χ1) is 17.7. The third kappa shape index (κ3) is 6.64.